The van der Waals surface area contributed by atoms with E-state index < -0.39 is 0 Å². The van der Waals surface area contributed by atoms with Crippen molar-refractivity contribution in [3.05, 3.63) is 36.8 Å². The van der Waals surface area contributed by atoms with Crippen LogP contribution in [-0.2, 0) is 6.54 Å². The Hall–Kier alpha value is -1.95. The lowest BCUT2D eigenvalue weighted by Gasteiger charge is -2.33. The van der Waals surface area contributed by atoms with E-state index in [0.717, 1.165) is 38.4 Å². The monoisotopic (exact) mass is 314 g/mol. The molecule has 0 saturated carbocycles. The summed E-state index contributed by atoms with van der Waals surface area (Å²) >= 11 is 0. The van der Waals surface area contributed by atoms with Crippen LogP contribution in [0.25, 0.3) is 0 Å². The SMILES string of the molecule is CN(C)CCCn1ccnc1C1CCCN(c2cnccn2)C1. The lowest BCUT2D eigenvalue weighted by atomic mass is 9.97. The van der Waals surface area contributed by atoms with Gasteiger partial charge in [0, 0.05) is 50.3 Å². The van der Waals surface area contributed by atoms with Gasteiger partial charge in [-0.05, 0) is 39.9 Å². The average molecular weight is 314 g/mol. The lowest BCUT2D eigenvalue weighted by molar-refractivity contribution is 0.380. The molecule has 124 valence electrons. The minimum absolute atomic E-state index is 0.472. The van der Waals surface area contributed by atoms with E-state index in [1.54, 1.807) is 12.4 Å². The van der Waals surface area contributed by atoms with Crippen LogP contribution in [0.15, 0.2) is 31.0 Å². The Morgan fingerprint density at radius 2 is 2.13 bits per heavy atom. The molecule has 6 nitrogen and oxygen atoms in total. The molecule has 0 N–H and O–H groups in total. The molecule has 1 unspecified atom stereocenters. The van der Waals surface area contributed by atoms with Gasteiger partial charge in [-0.3, -0.25) is 4.98 Å². The quantitative estimate of drug-likeness (QED) is 0.816. The molecular weight excluding hydrogens is 288 g/mol. The molecule has 1 saturated heterocycles. The van der Waals surface area contributed by atoms with Crippen molar-refractivity contribution < 1.29 is 0 Å². The molecule has 0 spiro atoms. The van der Waals surface area contributed by atoms with Gasteiger partial charge in [0.1, 0.15) is 11.6 Å². The van der Waals surface area contributed by atoms with Crippen molar-refractivity contribution in [1.29, 1.82) is 0 Å². The number of imidazole rings is 1. The van der Waals surface area contributed by atoms with Crippen LogP contribution in [0.1, 0.15) is 31.0 Å². The Bertz CT molecular complexity index is 594. The smallest absolute Gasteiger partial charge is 0.147 e. The number of nitrogens with zero attached hydrogens (tertiary/aromatic N) is 6. The normalized spacial score (nSPS) is 18.6. The molecule has 2 aromatic heterocycles. The van der Waals surface area contributed by atoms with E-state index in [9.17, 15) is 0 Å². The van der Waals surface area contributed by atoms with Crippen molar-refractivity contribution in [3.8, 4) is 0 Å². The van der Waals surface area contributed by atoms with Crippen LogP contribution < -0.4 is 4.90 Å². The van der Waals surface area contributed by atoms with Gasteiger partial charge >= 0.3 is 0 Å². The highest BCUT2D eigenvalue weighted by atomic mass is 15.2. The Kier molecular flexibility index (Phi) is 5.23. The van der Waals surface area contributed by atoms with Crippen LogP contribution in [0.2, 0.25) is 0 Å². The summed E-state index contributed by atoms with van der Waals surface area (Å²) in [4.78, 5) is 17.8. The third-order valence-corrected chi connectivity index (χ3v) is 4.41. The molecule has 3 rings (SSSR count). The van der Waals surface area contributed by atoms with Crippen LogP contribution in [-0.4, -0.2) is 58.1 Å². The molecule has 1 aliphatic rings. The summed E-state index contributed by atoms with van der Waals surface area (Å²) in [6, 6.07) is 0. The van der Waals surface area contributed by atoms with Gasteiger partial charge in [-0.15, -0.1) is 0 Å². The second-order valence-corrected chi connectivity index (χ2v) is 6.48. The van der Waals surface area contributed by atoms with Crippen LogP contribution in [0, 0.1) is 0 Å². The third-order valence-electron chi connectivity index (χ3n) is 4.41. The zero-order chi connectivity index (χ0) is 16.1. The van der Waals surface area contributed by atoms with E-state index in [-0.39, 0.29) is 0 Å². The highest BCUT2D eigenvalue weighted by Crippen LogP contribution is 2.28. The van der Waals surface area contributed by atoms with Crippen molar-refractivity contribution in [1.82, 2.24) is 24.4 Å². The van der Waals surface area contributed by atoms with Crippen molar-refractivity contribution >= 4 is 5.82 Å². The number of hydrogen-bond acceptors (Lipinski definition) is 5. The molecule has 0 aromatic carbocycles. The largest absolute Gasteiger partial charge is 0.355 e. The van der Waals surface area contributed by atoms with E-state index >= 15 is 0 Å². The number of rotatable bonds is 6. The van der Waals surface area contributed by atoms with Gasteiger partial charge in [0.25, 0.3) is 0 Å². The summed E-state index contributed by atoms with van der Waals surface area (Å²) in [5.41, 5.74) is 0. The summed E-state index contributed by atoms with van der Waals surface area (Å²) in [7, 11) is 4.24. The van der Waals surface area contributed by atoms with E-state index in [1.165, 1.54) is 18.7 Å². The van der Waals surface area contributed by atoms with E-state index in [0.29, 0.717) is 5.92 Å². The minimum atomic E-state index is 0.472. The van der Waals surface area contributed by atoms with Gasteiger partial charge in [0.15, 0.2) is 0 Å². The first kappa shape index (κ1) is 15.9. The van der Waals surface area contributed by atoms with Crippen LogP contribution in [0.5, 0.6) is 0 Å². The van der Waals surface area contributed by atoms with Crippen molar-refractivity contribution in [2.24, 2.45) is 0 Å². The maximum atomic E-state index is 4.65. The predicted octanol–water partition coefficient (Wildman–Crippen LogP) is 2.01. The van der Waals surface area contributed by atoms with Gasteiger partial charge < -0.3 is 14.4 Å². The molecule has 23 heavy (non-hydrogen) atoms. The maximum Gasteiger partial charge on any atom is 0.147 e. The van der Waals surface area contributed by atoms with E-state index in [4.69, 9.17) is 0 Å². The highest BCUT2D eigenvalue weighted by Gasteiger charge is 2.25. The van der Waals surface area contributed by atoms with Gasteiger partial charge in [0.05, 0.1) is 6.20 Å². The summed E-state index contributed by atoms with van der Waals surface area (Å²) in [6.07, 6.45) is 12.9. The Morgan fingerprint density at radius 1 is 1.22 bits per heavy atom. The maximum absolute atomic E-state index is 4.65. The summed E-state index contributed by atoms with van der Waals surface area (Å²) < 4.78 is 2.33. The highest BCUT2D eigenvalue weighted by molar-refractivity contribution is 5.36. The summed E-state index contributed by atoms with van der Waals surface area (Å²) in [5, 5.41) is 0. The zero-order valence-corrected chi connectivity index (χ0v) is 14.1. The van der Waals surface area contributed by atoms with Crippen molar-refractivity contribution in [2.75, 3.05) is 38.6 Å². The van der Waals surface area contributed by atoms with Gasteiger partial charge in [0.2, 0.25) is 0 Å². The molecule has 2 aromatic rings. The Balaban J connectivity index is 1.66. The molecule has 0 radical (unpaired) electrons. The van der Waals surface area contributed by atoms with Crippen molar-refractivity contribution in [3.63, 3.8) is 0 Å². The molecule has 0 aliphatic carbocycles. The van der Waals surface area contributed by atoms with Gasteiger partial charge in [-0.25, -0.2) is 9.97 Å². The standard InChI is InChI=1S/C17H26N6/c1-21(2)9-4-11-22-12-8-20-17(22)15-5-3-10-23(14-15)16-13-18-6-7-19-16/h6-8,12-13,15H,3-5,9-11,14H2,1-2H3. The first-order valence-corrected chi connectivity index (χ1v) is 8.41. The molecule has 0 bridgehead atoms. The number of aryl methyl sites for hydroxylation is 1. The molecule has 1 aliphatic heterocycles. The fourth-order valence-electron chi connectivity index (χ4n) is 3.28. The van der Waals surface area contributed by atoms with Crippen LogP contribution in [0.4, 0.5) is 5.82 Å². The first-order valence-electron chi connectivity index (χ1n) is 8.41. The Morgan fingerprint density at radius 3 is 2.91 bits per heavy atom. The second kappa shape index (κ2) is 7.55. The molecule has 6 heteroatoms. The predicted molar refractivity (Wildman–Crippen MR) is 91.6 cm³/mol. The molecule has 1 atom stereocenters. The third kappa shape index (κ3) is 4.07. The number of piperidine rings is 1. The zero-order valence-electron chi connectivity index (χ0n) is 14.1. The number of aromatic nitrogens is 4. The molecule has 0 amide bonds. The van der Waals surface area contributed by atoms with E-state index in [2.05, 4.69) is 49.6 Å². The van der Waals surface area contributed by atoms with Crippen LogP contribution >= 0.6 is 0 Å². The van der Waals surface area contributed by atoms with Gasteiger partial charge in [-0.2, -0.15) is 0 Å². The fraction of sp³-hybridized carbons (Fsp3) is 0.588. The number of hydrogen-bond donors (Lipinski definition) is 0. The van der Waals surface area contributed by atoms with Crippen LogP contribution in [0.3, 0.4) is 0 Å². The molecule has 3 heterocycles. The van der Waals surface area contributed by atoms with E-state index in [1.807, 2.05) is 12.4 Å². The van der Waals surface area contributed by atoms with Crippen molar-refractivity contribution in [2.45, 2.75) is 31.7 Å². The van der Waals surface area contributed by atoms with Gasteiger partial charge in [-0.1, -0.05) is 0 Å². The topological polar surface area (TPSA) is 50.1 Å². The first-order chi connectivity index (χ1) is 11.2. The fourth-order valence-corrected chi connectivity index (χ4v) is 3.28. The second-order valence-electron chi connectivity index (χ2n) is 6.48. The minimum Gasteiger partial charge on any atom is -0.355 e. The molecular formula is C17H26N6. The lowest BCUT2D eigenvalue weighted by Crippen LogP contribution is -2.36. The summed E-state index contributed by atoms with van der Waals surface area (Å²) in [5.74, 6) is 2.67. The average Bonchev–Trinajstić information content (AvgIpc) is 3.04. The summed E-state index contributed by atoms with van der Waals surface area (Å²) in [6.45, 7) is 4.17. The molecule has 1 fully saturated rings. The Labute approximate surface area is 138 Å². The number of anilines is 1.